The smallest absolute Gasteiger partial charge is 0.132 e. The van der Waals surface area contributed by atoms with Crippen molar-refractivity contribution in [1.82, 2.24) is 20.2 Å². The highest BCUT2D eigenvalue weighted by molar-refractivity contribution is 5.85. The van der Waals surface area contributed by atoms with E-state index in [1.54, 1.807) is 6.33 Å². The van der Waals surface area contributed by atoms with Crippen LogP contribution in [0.15, 0.2) is 6.33 Å². The van der Waals surface area contributed by atoms with E-state index < -0.39 is 0 Å². The normalized spacial score (nSPS) is 19.4. The fourth-order valence-corrected chi connectivity index (χ4v) is 3.52. The fraction of sp³-hybridized carbons (Fsp3) is 0.765. The minimum atomic E-state index is -0.359. The first-order valence-corrected chi connectivity index (χ1v) is 9.00. The number of halogens is 2. The van der Waals surface area contributed by atoms with Crippen LogP contribution in [0, 0.1) is 0 Å². The molecule has 0 spiro atoms. The largest absolute Gasteiger partial charge is 0.390 e. The van der Waals surface area contributed by atoms with Crippen molar-refractivity contribution in [3.05, 3.63) is 17.6 Å². The van der Waals surface area contributed by atoms with E-state index in [-0.39, 0.29) is 30.9 Å². The van der Waals surface area contributed by atoms with Crippen molar-refractivity contribution in [1.29, 1.82) is 0 Å². The quantitative estimate of drug-likeness (QED) is 0.708. The lowest BCUT2D eigenvalue weighted by molar-refractivity contribution is 0.124. The molecular formula is C17H31Cl2N5O. The van der Waals surface area contributed by atoms with Gasteiger partial charge in [0.15, 0.2) is 0 Å². The first-order chi connectivity index (χ1) is 11.3. The lowest BCUT2D eigenvalue weighted by Crippen LogP contribution is -2.37. The molecule has 8 heteroatoms. The van der Waals surface area contributed by atoms with Crippen LogP contribution in [0.2, 0.25) is 0 Å². The van der Waals surface area contributed by atoms with Gasteiger partial charge < -0.3 is 20.6 Å². The number of aromatic nitrogens is 2. The third kappa shape index (κ3) is 6.87. The van der Waals surface area contributed by atoms with E-state index in [0.717, 1.165) is 57.1 Å². The molecule has 2 aliphatic heterocycles. The molecule has 144 valence electrons. The number of aliphatic hydroxyl groups is 1. The van der Waals surface area contributed by atoms with Gasteiger partial charge in [0.1, 0.15) is 12.1 Å². The molecule has 0 bridgehead atoms. The highest BCUT2D eigenvalue weighted by Crippen LogP contribution is 2.18. The molecule has 1 unspecified atom stereocenters. The third-order valence-corrected chi connectivity index (χ3v) is 4.80. The van der Waals surface area contributed by atoms with Crippen LogP contribution < -0.4 is 10.6 Å². The molecule has 3 heterocycles. The molecule has 25 heavy (non-hydrogen) atoms. The summed E-state index contributed by atoms with van der Waals surface area (Å²) in [5, 5.41) is 17.1. The maximum atomic E-state index is 10.4. The number of fused-ring (bicyclic) bond motifs is 1. The lowest BCUT2D eigenvalue weighted by atomic mass is 10.1. The summed E-state index contributed by atoms with van der Waals surface area (Å²) in [5.41, 5.74) is 2.34. The number of β-amino-alcohol motifs (C(OH)–C–C–N with tert-alkyl or cyclic N) is 1. The van der Waals surface area contributed by atoms with E-state index >= 15 is 0 Å². The molecule has 1 fully saturated rings. The number of likely N-dealkylation sites (tertiary alicyclic amines) is 1. The molecule has 0 radical (unpaired) electrons. The van der Waals surface area contributed by atoms with Crippen LogP contribution in [0.25, 0.3) is 0 Å². The van der Waals surface area contributed by atoms with Crippen molar-refractivity contribution in [2.45, 2.75) is 44.6 Å². The molecule has 6 nitrogen and oxygen atoms in total. The summed E-state index contributed by atoms with van der Waals surface area (Å²) in [6, 6.07) is 0. The SMILES string of the molecule is Cl.Cl.OC(CNc1ncnc2c1CCNCC2)CN1CCCCCC1. The van der Waals surface area contributed by atoms with Crippen molar-refractivity contribution in [3.63, 3.8) is 0 Å². The summed E-state index contributed by atoms with van der Waals surface area (Å²) in [7, 11) is 0. The van der Waals surface area contributed by atoms with Crippen LogP contribution in [-0.4, -0.2) is 65.3 Å². The molecule has 0 amide bonds. The van der Waals surface area contributed by atoms with E-state index in [4.69, 9.17) is 0 Å². The predicted molar refractivity (Wildman–Crippen MR) is 106 cm³/mol. The number of nitrogens with one attached hydrogen (secondary N) is 2. The van der Waals surface area contributed by atoms with Crippen molar-refractivity contribution >= 4 is 30.6 Å². The van der Waals surface area contributed by atoms with Crippen LogP contribution in [0.1, 0.15) is 36.9 Å². The van der Waals surface area contributed by atoms with Gasteiger partial charge in [0.25, 0.3) is 0 Å². The standard InChI is InChI=1S/C17H29N5O.2ClH/c23-14(12-22-9-3-1-2-4-10-22)11-19-17-15-5-7-18-8-6-16(15)20-13-21-17;;/h13-14,18,23H,1-12H2,(H,19,20,21);2*1H. The van der Waals surface area contributed by atoms with Crippen molar-refractivity contribution < 1.29 is 5.11 Å². The van der Waals surface area contributed by atoms with Crippen molar-refractivity contribution in [3.8, 4) is 0 Å². The Balaban J connectivity index is 0.00000156. The minimum absolute atomic E-state index is 0. The maximum absolute atomic E-state index is 10.4. The predicted octanol–water partition coefficient (Wildman–Crippen LogP) is 1.66. The van der Waals surface area contributed by atoms with E-state index in [9.17, 15) is 5.11 Å². The highest BCUT2D eigenvalue weighted by atomic mass is 35.5. The molecule has 1 saturated heterocycles. The summed E-state index contributed by atoms with van der Waals surface area (Å²) in [4.78, 5) is 11.2. The molecule has 3 rings (SSSR count). The first kappa shape index (κ1) is 22.4. The molecule has 1 atom stereocenters. The van der Waals surface area contributed by atoms with Crippen LogP contribution >= 0.6 is 24.8 Å². The number of hydrogen-bond acceptors (Lipinski definition) is 6. The van der Waals surface area contributed by atoms with Crippen LogP contribution in [0.4, 0.5) is 5.82 Å². The average Bonchev–Trinajstić information content (AvgIpc) is 2.95. The van der Waals surface area contributed by atoms with E-state index in [1.807, 2.05) is 0 Å². The second kappa shape index (κ2) is 11.9. The Hall–Kier alpha value is -0.660. The summed E-state index contributed by atoms with van der Waals surface area (Å²) >= 11 is 0. The Morgan fingerprint density at radius 1 is 1.08 bits per heavy atom. The average molecular weight is 392 g/mol. The van der Waals surface area contributed by atoms with E-state index in [1.165, 1.54) is 31.2 Å². The number of nitrogens with zero attached hydrogens (tertiary/aromatic N) is 3. The van der Waals surface area contributed by atoms with Gasteiger partial charge in [-0.25, -0.2) is 9.97 Å². The summed E-state index contributed by atoms with van der Waals surface area (Å²) in [6.07, 6.45) is 8.33. The highest BCUT2D eigenvalue weighted by Gasteiger charge is 2.17. The summed E-state index contributed by atoms with van der Waals surface area (Å²) < 4.78 is 0. The van der Waals surface area contributed by atoms with Crippen LogP contribution in [0.3, 0.4) is 0 Å². The zero-order valence-corrected chi connectivity index (χ0v) is 16.4. The Labute approximate surface area is 163 Å². The van der Waals surface area contributed by atoms with Crippen molar-refractivity contribution in [2.24, 2.45) is 0 Å². The minimum Gasteiger partial charge on any atom is -0.390 e. The summed E-state index contributed by atoms with van der Waals surface area (Å²) in [6.45, 7) is 5.47. The monoisotopic (exact) mass is 391 g/mol. The maximum Gasteiger partial charge on any atom is 0.132 e. The molecule has 1 aromatic rings. The van der Waals surface area contributed by atoms with Gasteiger partial charge in [-0.05, 0) is 38.9 Å². The Morgan fingerprint density at radius 2 is 1.80 bits per heavy atom. The zero-order chi connectivity index (χ0) is 15.9. The van der Waals surface area contributed by atoms with E-state index in [2.05, 4.69) is 25.5 Å². The summed E-state index contributed by atoms with van der Waals surface area (Å²) in [5.74, 6) is 0.897. The van der Waals surface area contributed by atoms with Gasteiger partial charge in [0.2, 0.25) is 0 Å². The first-order valence-electron chi connectivity index (χ1n) is 9.00. The van der Waals surface area contributed by atoms with E-state index in [0.29, 0.717) is 6.54 Å². The topological polar surface area (TPSA) is 73.3 Å². The molecule has 1 aromatic heterocycles. The zero-order valence-electron chi connectivity index (χ0n) is 14.7. The number of hydrogen-bond donors (Lipinski definition) is 3. The Morgan fingerprint density at radius 3 is 2.56 bits per heavy atom. The molecule has 0 aromatic carbocycles. The van der Waals surface area contributed by atoms with Crippen molar-refractivity contribution in [2.75, 3.05) is 44.6 Å². The van der Waals surface area contributed by atoms with Gasteiger partial charge in [0.05, 0.1) is 11.8 Å². The van der Waals surface area contributed by atoms with Gasteiger partial charge in [-0.1, -0.05) is 12.8 Å². The number of rotatable bonds is 5. The Bertz CT molecular complexity index is 498. The lowest BCUT2D eigenvalue weighted by Gasteiger charge is -2.23. The third-order valence-electron chi connectivity index (χ3n) is 4.80. The van der Waals surface area contributed by atoms with Gasteiger partial charge in [-0.3, -0.25) is 0 Å². The second-order valence-electron chi connectivity index (χ2n) is 6.65. The van der Waals surface area contributed by atoms with Gasteiger partial charge in [0, 0.05) is 31.6 Å². The number of anilines is 1. The molecule has 2 aliphatic rings. The molecule has 3 N–H and O–H groups in total. The van der Waals surface area contributed by atoms with Gasteiger partial charge >= 0.3 is 0 Å². The fourth-order valence-electron chi connectivity index (χ4n) is 3.52. The van der Waals surface area contributed by atoms with Gasteiger partial charge in [-0.15, -0.1) is 24.8 Å². The molecular weight excluding hydrogens is 361 g/mol. The van der Waals surface area contributed by atoms with Gasteiger partial charge in [-0.2, -0.15) is 0 Å². The van der Waals surface area contributed by atoms with Crippen LogP contribution in [0.5, 0.6) is 0 Å². The molecule has 0 aliphatic carbocycles. The molecule has 0 saturated carbocycles. The second-order valence-corrected chi connectivity index (χ2v) is 6.65. The number of aliphatic hydroxyl groups excluding tert-OH is 1. The van der Waals surface area contributed by atoms with Crippen LogP contribution in [-0.2, 0) is 12.8 Å². The Kier molecular flexibility index (Phi) is 10.6.